The largest absolute Gasteiger partial charge is 0.240 e. The predicted molar refractivity (Wildman–Crippen MR) is 107 cm³/mol. The number of hydrogen-bond acceptors (Lipinski definition) is 2. The maximum atomic E-state index is 12.9. The molecule has 1 fully saturated rings. The number of rotatable bonds is 7. The van der Waals surface area contributed by atoms with Gasteiger partial charge < -0.3 is 0 Å². The third kappa shape index (κ3) is 5.18. The van der Waals surface area contributed by atoms with Crippen molar-refractivity contribution in [3.05, 3.63) is 65.7 Å². The normalized spacial score (nSPS) is 17.1. The number of aryl methyl sites for hydroxylation is 2. The summed E-state index contributed by atoms with van der Waals surface area (Å²) in [5.74, 6) is 0.438. The number of benzene rings is 2. The van der Waals surface area contributed by atoms with Crippen LogP contribution in [0.5, 0.6) is 0 Å². The van der Waals surface area contributed by atoms with E-state index < -0.39 is 10.0 Å². The lowest BCUT2D eigenvalue weighted by atomic mass is 9.82. The molecule has 0 saturated heterocycles. The van der Waals surface area contributed by atoms with Gasteiger partial charge in [0.15, 0.2) is 0 Å². The summed E-state index contributed by atoms with van der Waals surface area (Å²) in [6.07, 6.45) is 7.67. The highest BCUT2D eigenvalue weighted by molar-refractivity contribution is 7.89. The lowest BCUT2D eigenvalue weighted by Crippen LogP contribution is -2.41. The summed E-state index contributed by atoms with van der Waals surface area (Å²) in [5.41, 5.74) is 2.33. The van der Waals surface area contributed by atoms with Gasteiger partial charge in [-0.3, -0.25) is 0 Å². The number of hydrogen-bond donors (Lipinski definition) is 1. The molecule has 1 N–H and O–H groups in total. The van der Waals surface area contributed by atoms with Crippen molar-refractivity contribution < 1.29 is 8.42 Å². The fourth-order valence-electron chi connectivity index (χ4n) is 3.88. The van der Waals surface area contributed by atoms with Crippen LogP contribution in [0.3, 0.4) is 0 Å². The molecule has 1 atom stereocenters. The van der Waals surface area contributed by atoms with Gasteiger partial charge >= 0.3 is 0 Å². The average Bonchev–Trinajstić information content (AvgIpc) is 2.67. The summed E-state index contributed by atoms with van der Waals surface area (Å²) >= 11 is 0. The zero-order chi connectivity index (χ0) is 18.4. The Kier molecular flexibility index (Phi) is 6.49. The van der Waals surface area contributed by atoms with E-state index in [4.69, 9.17) is 0 Å². The summed E-state index contributed by atoms with van der Waals surface area (Å²) in [6.45, 7) is 1.97. The molecule has 1 unspecified atom stereocenters. The minimum absolute atomic E-state index is 0.00168. The molecule has 3 rings (SSSR count). The highest BCUT2D eigenvalue weighted by atomic mass is 32.2. The topological polar surface area (TPSA) is 46.2 Å². The van der Waals surface area contributed by atoms with E-state index >= 15 is 0 Å². The van der Waals surface area contributed by atoms with Crippen LogP contribution in [0.1, 0.15) is 49.7 Å². The zero-order valence-corrected chi connectivity index (χ0v) is 16.3. The third-order valence-corrected chi connectivity index (χ3v) is 6.95. The van der Waals surface area contributed by atoms with Crippen LogP contribution in [0.15, 0.2) is 59.5 Å². The van der Waals surface area contributed by atoms with Crippen molar-refractivity contribution in [3.8, 4) is 0 Å². The Labute approximate surface area is 157 Å². The van der Waals surface area contributed by atoms with E-state index in [9.17, 15) is 8.42 Å². The molecule has 0 bridgehead atoms. The monoisotopic (exact) mass is 371 g/mol. The van der Waals surface area contributed by atoms with Gasteiger partial charge in [0.25, 0.3) is 0 Å². The van der Waals surface area contributed by atoms with Crippen LogP contribution in [0.4, 0.5) is 0 Å². The Morgan fingerprint density at radius 1 is 0.962 bits per heavy atom. The van der Waals surface area contributed by atoms with Gasteiger partial charge in [-0.15, -0.1) is 0 Å². The number of sulfonamides is 1. The Hall–Kier alpha value is -1.65. The molecule has 0 amide bonds. The third-order valence-electron chi connectivity index (χ3n) is 5.44. The average molecular weight is 372 g/mol. The van der Waals surface area contributed by atoms with Gasteiger partial charge in [0.2, 0.25) is 10.0 Å². The van der Waals surface area contributed by atoms with Crippen LogP contribution in [0.2, 0.25) is 0 Å². The Bertz CT molecular complexity index is 779. The van der Waals surface area contributed by atoms with Gasteiger partial charge in [-0.05, 0) is 56.2 Å². The van der Waals surface area contributed by atoms with Crippen molar-refractivity contribution in [2.75, 3.05) is 0 Å². The molecule has 0 aromatic heterocycles. The molecule has 1 saturated carbocycles. The van der Waals surface area contributed by atoms with Crippen LogP contribution in [-0.4, -0.2) is 14.5 Å². The second-order valence-corrected chi connectivity index (χ2v) is 9.18. The van der Waals surface area contributed by atoms with E-state index in [0.717, 1.165) is 31.2 Å². The van der Waals surface area contributed by atoms with Gasteiger partial charge in [0.1, 0.15) is 0 Å². The summed E-state index contributed by atoms with van der Waals surface area (Å²) in [6, 6.07) is 17.5. The lowest BCUT2D eigenvalue weighted by molar-refractivity contribution is 0.280. The quantitative estimate of drug-likeness (QED) is 0.756. The first-order chi connectivity index (χ1) is 12.5. The fraction of sp³-hybridized carbons (Fsp3) is 0.455. The first-order valence-corrected chi connectivity index (χ1v) is 11.2. The highest BCUT2D eigenvalue weighted by Gasteiger charge is 2.28. The van der Waals surface area contributed by atoms with E-state index in [2.05, 4.69) is 16.9 Å². The SMILES string of the molecule is Cc1ccc(S(=O)(=O)NC(CCc2ccccc2)C2CCCCC2)cc1. The smallest absolute Gasteiger partial charge is 0.208 e. The molecular formula is C22H29NO2S. The molecule has 0 aliphatic heterocycles. The molecule has 26 heavy (non-hydrogen) atoms. The van der Waals surface area contributed by atoms with Crippen LogP contribution in [0, 0.1) is 12.8 Å². The standard InChI is InChI=1S/C22H29NO2S/c1-18-12-15-21(16-13-18)26(24,25)23-22(20-10-6-3-7-11-20)17-14-19-8-4-2-5-9-19/h2,4-5,8-9,12-13,15-16,20,22-23H,3,6-7,10-11,14,17H2,1H3. The van der Waals surface area contributed by atoms with Crippen LogP contribution in [-0.2, 0) is 16.4 Å². The Balaban J connectivity index is 1.74. The van der Waals surface area contributed by atoms with Gasteiger partial charge in [-0.1, -0.05) is 67.3 Å². The van der Waals surface area contributed by atoms with Gasteiger partial charge in [-0.25, -0.2) is 13.1 Å². The first-order valence-electron chi connectivity index (χ1n) is 9.67. The van der Waals surface area contributed by atoms with E-state index in [0.29, 0.717) is 10.8 Å². The van der Waals surface area contributed by atoms with E-state index in [1.807, 2.05) is 37.3 Å². The summed E-state index contributed by atoms with van der Waals surface area (Å²) in [5, 5.41) is 0. The molecule has 1 aliphatic rings. The van der Waals surface area contributed by atoms with Crippen LogP contribution >= 0.6 is 0 Å². The van der Waals surface area contributed by atoms with Gasteiger partial charge in [-0.2, -0.15) is 0 Å². The Morgan fingerprint density at radius 3 is 2.27 bits per heavy atom. The van der Waals surface area contributed by atoms with E-state index in [-0.39, 0.29) is 6.04 Å². The van der Waals surface area contributed by atoms with Gasteiger partial charge in [0.05, 0.1) is 4.90 Å². The highest BCUT2D eigenvalue weighted by Crippen LogP contribution is 2.29. The zero-order valence-electron chi connectivity index (χ0n) is 15.5. The van der Waals surface area contributed by atoms with E-state index in [1.165, 1.54) is 24.8 Å². The second-order valence-electron chi connectivity index (χ2n) is 7.46. The minimum atomic E-state index is -3.48. The van der Waals surface area contributed by atoms with Crippen molar-refractivity contribution in [2.24, 2.45) is 5.92 Å². The maximum Gasteiger partial charge on any atom is 0.240 e. The second kappa shape index (κ2) is 8.83. The molecule has 4 heteroatoms. The maximum absolute atomic E-state index is 12.9. The number of nitrogens with one attached hydrogen (secondary N) is 1. The van der Waals surface area contributed by atoms with Crippen LogP contribution < -0.4 is 4.72 Å². The lowest BCUT2D eigenvalue weighted by Gasteiger charge is -2.31. The summed E-state index contributed by atoms with van der Waals surface area (Å²) in [7, 11) is -3.48. The molecule has 0 heterocycles. The minimum Gasteiger partial charge on any atom is -0.208 e. The van der Waals surface area contributed by atoms with Crippen LogP contribution in [0.25, 0.3) is 0 Å². The van der Waals surface area contributed by atoms with Crippen molar-refractivity contribution >= 4 is 10.0 Å². The molecule has 140 valence electrons. The molecule has 1 aliphatic carbocycles. The Morgan fingerprint density at radius 2 is 1.62 bits per heavy atom. The molecule has 0 radical (unpaired) electrons. The van der Waals surface area contributed by atoms with E-state index in [1.54, 1.807) is 12.1 Å². The molecule has 0 spiro atoms. The van der Waals surface area contributed by atoms with Crippen molar-refractivity contribution in [1.82, 2.24) is 4.72 Å². The van der Waals surface area contributed by atoms with Crippen molar-refractivity contribution in [1.29, 1.82) is 0 Å². The summed E-state index contributed by atoms with van der Waals surface area (Å²) < 4.78 is 28.8. The molecular weight excluding hydrogens is 342 g/mol. The van der Waals surface area contributed by atoms with Gasteiger partial charge in [0, 0.05) is 6.04 Å². The van der Waals surface area contributed by atoms with Crippen molar-refractivity contribution in [2.45, 2.75) is 62.8 Å². The predicted octanol–water partition coefficient (Wildman–Crippen LogP) is 4.86. The molecule has 2 aromatic carbocycles. The first kappa shape index (κ1) is 19.1. The van der Waals surface area contributed by atoms with Crippen molar-refractivity contribution in [3.63, 3.8) is 0 Å². The summed E-state index contributed by atoms with van der Waals surface area (Å²) in [4.78, 5) is 0.364. The molecule has 2 aromatic rings. The molecule has 3 nitrogen and oxygen atoms in total. The fourth-order valence-corrected chi connectivity index (χ4v) is 5.22.